The van der Waals surface area contributed by atoms with Crippen LogP contribution in [0.4, 0.5) is 0 Å². The molecule has 0 aliphatic heterocycles. The van der Waals surface area contributed by atoms with E-state index in [-0.39, 0.29) is 52.1 Å². The molecule has 0 bridgehead atoms. The topological polar surface area (TPSA) is 105 Å². The van der Waals surface area contributed by atoms with Crippen molar-refractivity contribution >= 4 is 23.9 Å². The molecule has 0 aromatic rings. The van der Waals surface area contributed by atoms with Crippen LogP contribution < -0.4 is 0 Å². The molecule has 34 heavy (non-hydrogen) atoms. The molecular weight excluding hydrogens is 440 g/mol. The second kappa shape index (κ2) is 16.2. The SMILES string of the molecule is C=C=CCC(CC#CCC(CC#CC)(C(=O)OCC)C(=O)OCC)(C(=O)OCC)C(=O)OCC. The summed E-state index contributed by atoms with van der Waals surface area (Å²) in [6.07, 6.45) is 0.622. The maximum absolute atomic E-state index is 12.8. The molecule has 0 saturated carbocycles. The fourth-order valence-corrected chi connectivity index (χ4v) is 2.89. The normalized spacial score (nSPS) is 10.3. The summed E-state index contributed by atoms with van der Waals surface area (Å²) in [4.78, 5) is 51.1. The van der Waals surface area contributed by atoms with E-state index in [2.05, 4.69) is 36.0 Å². The molecule has 186 valence electrons. The third-order valence-electron chi connectivity index (χ3n) is 4.73. The molecule has 0 aliphatic rings. The van der Waals surface area contributed by atoms with Crippen molar-refractivity contribution in [1.82, 2.24) is 0 Å². The third kappa shape index (κ3) is 8.14. The molecule has 0 atom stereocenters. The van der Waals surface area contributed by atoms with Gasteiger partial charge in [-0.2, -0.15) is 0 Å². The molecule has 0 radical (unpaired) electrons. The fraction of sp³-hybridized carbons (Fsp3) is 0.577. The molecule has 0 aliphatic carbocycles. The van der Waals surface area contributed by atoms with Crippen molar-refractivity contribution in [3.05, 3.63) is 18.4 Å². The summed E-state index contributed by atoms with van der Waals surface area (Å²) in [6.45, 7) is 11.7. The van der Waals surface area contributed by atoms with E-state index in [1.54, 1.807) is 34.6 Å². The molecule has 0 unspecified atom stereocenters. The van der Waals surface area contributed by atoms with Crippen molar-refractivity contribution in [2.45, 2.75) is 60.3 Å². The third-order valence-corrected chi connectivity index (χ3v) is 4.73. The predicted octanol–water partition coefficient (Wildman–Crippen LogP) is 3.14. The van der Waals surface area contributed by atoms with Gasteiger partial charge in [-0.1, -0.05) is 6.58 Å². The van der Waals surface area contributed by atoms with Crippen LogP contribution >= 0.6 is 0 Å². The molecule has 0 amide bonds. The average Bonchev–Trinajstić information content (AvgIpc) is 2.81. The van der Waals surface area contributed by atoms with Crippen molar-refractivity contribution in [1.29, 1.82) is 0 Å². The number of esters is 4. The second-order valence-electron chi connectivity index (χ2n) is 6.97. The Morgan fingerprint density at radius 2 is 1.03 bits per heavy atom. The summed E-state index contributed by atoms with van der Waals surface area (Å²) < 4.78 is 20.5. The standard InChI is InChI=1S/C26H34O8/c1-7-13-17-25(21(27)31-9-3,22(28)32-10-4)19-15-16-20-26(18-14-8-2,23(29)33-11-5)24(30)34-12-6/h13H,1,9-12,17-20H2,2-6H3. The summed E-state index contributed by atoms with van der Waals surface area (Å²) in [5.74, 6) is 7.70. The summed E-state index contributed by atoms with van der Waals surface area (Å²) in [5, 5.41) is 0. The molecule has 0 fully saturated rings. The van der Waals surface area contributed by atoms with Crippen LogP contribution in [0.15, 0.2) is 18.4 Å². The van der Waals surface area contributed by atoms with Gasteiger partial charge in [0.2, 0.25) is 0 Å². The quantitative estimate of drug-likeness (QED) is 0.132. The van der Waals surface area contributed by atoms with Crippen molar-refractivity contribution < 1.29 is 38.1 Å². The van der Waals surface area contributed by atoms with Crippen LogP contribution in [0.3, 0.4) is 0 Å². The van der Waals surface area contributed by atoms with Gasteiger partial charge >= 0.3 is 23.9 Å². The lowest BCUT2D eigenvalue weighted by Crippen LogP contribution is -2.42. The Bertz CT molecular complexity index is 851. The lowest BCUT2D eigenvalue weighted by atomic mass is 9.79. The Morgan fingerprint density at radius 1 is 0.676 bits per heavy atom. The van der Waals surface area contributed by atoms with Gasteiger partial charge in [0.15, 0.2) is 10.8 Å². The largest absolute Gasteiger partial charge is 0.465 e. The summed E-state index contributed by atoms with van der Waals surface area (Å²) in [6, 6.07) is 0. The number of carbonyl (C=O) groups is 4. The Kier molecular flexibility index (Phi) is 14.5. The first-order chi connectivity index (χ1) is 16.3. The van der Waals surface area contributed by atoms with Crippen LogP contribution in [0.5, 0.6) is 0 Å². The van der Waals surface area contributed by atoms with Crippen LogP contribution in [-0.4, -0.2) is 50.3 Å². The van der Waals surface area contributed by atoms with E-state index in [0.717, 1.165) is 0 Å². The van der Waals surface area contributed by atoms with Crippen LogP contribution in [0.2, 0.25) is 0 Å². The zero-order chi connectivity index (χ0) is 26.0. The fourth-order valence-electron chi connectivity index (χ4n) is 2.89. The Morgan fingerprint density at radius 3 is 1.38 bits per heavy atom. The zero-order valence-electron chi connectivity index (χ0n) is 20.7. The number of ether oxygens (including phenoxy) is 4. The lowest BCUT2D eigenvalue weighted by Gasteiger charge is -2.26. The van der Waals surface area contributed by atoms with Crippen LogP contribution in [-0.2, 0) is 38.1 Å². The molecular formula is C26H34O8. The van der Waals surface area contributed by atoms with Crippen LogP contribution in [0, 0.1) is 34.5 Å². The van der Waals surface area contributed by atoms with E-state index in [9.17, 15) is 19.2 Å². The van der Waals surface area contributed by atoms with Gasteiger partial charge in [-0.25, -0.2) is 0 Å². The second-order valence-corrected chi connectivity index (χ2v) is 6.97. The average molecular weight is 475 g/mol. The number of rotatable bonds is 13. The van der Waals surface area contributed by atoms with Gasteiger partial charge in [0.1, 0.15) is 0 Å². The van der Waals surface area contributed by atoms with E-state index in [1.165, 1.54) is 6.08 Å². The molecule has 0 heterocycles. The van der Waals surface area contributed by atoms with Crippen molar-refractivity contribution in [3.63, 3.8) is 0 Å². The monoisotopic (exact) mass is 474 g/mol. The number of carbonyl (C=O) groups excluding carboxylic acids is 4. The molecule has 8 heteroatoms. The van der Waals surface area contributed by atoms with Gasteiger partial charge in [0, 0.05) is 25.7 Å². The minimum atomic E-state index is -1.76. The maximum Gasteiger partial charge on any atom is 0.325 e. The van der Waals surface area contributed by atoms with E-state index in [4.69, 9.17) is 18.9 Å². The first kappa shape index (κ1) is 30.5. The summed E-state index contributed by atoms with van der Waals surface area (Å²) >= 11 is 0. The zero-order valence-corrected chi connectivity index (χ0v) is 20.7. The first-order valence-corrected chi connectivity index (χ1v) is 11.1. The molecule has 0 aromatic carbocycles. The highest BCUT2D eigenvalue weighted by Gasteiger charge is 2.49. The minimum Gasteiger partial charge on any atom is -0.465 e. The molecule has 0 N–H and O–H groups in total. The van der Waals surface area contributed by atoms with E-state index in [1.807, 2.05) is 0 Å². The van der Waals surface area contributed by atoms with E-state index in [0.29, 0.717) is 0 Å². The van der Waals surface area contributed by atoms with Crippen LogP contribution in [0.25, 0.3) is 0 Å². The molecule has 8 nitrogen and oxygen atoms in total. The smallest absolute Gasteiger partial charge is 0.325 e. The highest BCUT2D eigenvalue weighted by molar-refractivity contribution is 6.01. The van der Waals surface area contributed by atoms with E-state index < -0.39 is 34.7 Å². The lowest BCUT2D eigenvalue weighted by molar-refractivity contribution is -0.173. The summed E-state index contributed by atoms with van der Waals surface area (Å²) in [7, 11) is 0. The van der Waals surface area contributed by atoms with Gasteiger partial charge in [0.05, 0.1) is 26.4 Å². The number of hydrogen-bond donors (Lipinski definition) is 0. The van der Waals surface area contributed by atoms with Gasteiger partial charge in [0.25, 0.3) is 0 Å². The molecule has 0 aromatic heterocycles. The van der Waals surface area contributed by atoms with E-state index >= 15 is 0 Å². The Balaban J connectivity index is 6.34. The van der Waals surface area contributed by atoms with Gasteiger partial charge < -0.3 is 18.9 Å². The highest BCUT2D eigenvalue weighted by Crippen LogP contribution is 2.33. The summed E-state index contributed by atoms with van der Waals surface area (Å²) in [5.41, 5.74) is -0.975. The van der Waals surface area contributed by atoms with Crippen molar-refractivity contribution in [2.24, 2.45) is 10.8 Å². The number of allylic oxidation sites excluding steroid dienone is 1. The van der Waals surface area contributed by atoms with Crippen molar-refractivity contribution in [2.75, 3.05) is 26.4 Å². The Labute approximate surface area is 202 Å². The maximum atomic E-state index is 12.8. The minimum absolute atomic E-state index is 0.0513. The first-order valence-electron chi connectivity index (χ1n) is 11.1. The Hall–Kier alpha value is -3.48. The van der Waals surface area contributed by atoms with Gasteiger partial charge in [-0.05, 0) is 40.7 Å². The molecule has 0 saturated heterocycles. The molecule has 0 rings (SSSR count). The van der Waals surface area contributed by atoms with Crippen molar-refractivity contribution in [3.8, 4) is 23.7 Å². The van der Waals surface area contributed by atoms with Crippen LogP contribution in [0.1, 0.15) is 60.3 Å². The van der Waals surface area contributed by atoms with Gasteiger partial charge in [-0.15, -0.1) is 29.4 Å². The molecule has 0 spiro atoms. The number of hydrogen-bond acceptors (Lipinski definition) is 8. The predicted molar refractivity (Wildman–Crippen MR) is 125 cm³/mol. The highest BCUT2D eigenvalue weighted by atomic mass is 16.6. The van der Waals surface area contributed by atoms with Gasteiger partial charge in [-0.3, -0.25) is 19.2 Å².